The third kappa shape index (κ3) is 8.13. The molecule has 8 nitrogen and oxygen atoms in total. The van der Waals surface area contributed by atoms with E-state index in [2.05, 4.69) is 9.97 Å². The van der Waals surface area contributed by atoms with Gasteiger partial charge in [0.2, 0.25) is 0 Å². The molecule has 0 radical (unpaired) electrons. The smallest absolute Gasteiger partial charge is 0.300 e. The molecule has 0 aliphatic heterocycles. The van der Waals surface area contributed by atoms with Crippen LogP contribution in [0.2, 0.25) is 15.1 Å². The maximum atomic E-state index is 10.9. The molecule has 0 bridgehead atoms. The van der Waals surface area contributed by atoms with Crippen LogP contribution in [0.1, 0.15) is 37.2 Å². The molecule has 2 aromatic carbocycles. The number of nitro groups is 1. The number of aromatic nitrogens is 2. The van der Waals surface area contributed by atoms with Gasteiger partial charge in [-0.15, -0.1) is 0 Å². The minimum absolute atomic E-state index is 0.0754. The van der Waals surface area contributed by atoms with Gasteiger partial charge in [0, 0.05) is 19.1 Å². The molecule has 0 amide bonds. The van der Waals surface area contributed by atoms with E-state index in [0.717, 1.165) is 49.6 Å². The first-order valence-corrected chi connectivity index (χ1v) is 11.3. The van der Waals surface area contributed by atoms with Crippen LogP contribution in [-0.2, 0) is 24.1 Å². The molecule has 0 atom stereocenters. The zero-order chi connectivity index (χ0) is 25.3. The van der Waals surface area contributed by atoms with E-state index in [9.17, 15) is 10.1 Å². The van der Waals surface area contributed by atoms with E-state index < -0.39 is 10.9 Å². The van der Waals surface area contributed by atoms with E-state index in [1.54, 1.807) is 18.5 Å². The number of rotatable bonds is 8. The topological polar surface area (TPSA) is 115 Å². The maximum absolute atomic E-state index is 10.9. The van der Waals surface area contributed by atoms with Crippen LogP contribution >= 0.6 is 34.8 Å². The largest absolute Gasteiger partial charge is 0.481 e. The Morgan fingerprint density at radius 3 is 2.15 bits per heavy atom. The number of ether oxygens (including phenoxy) is 1. The Hall–Kier alpha value is -2.94. The molecule has 0 aliphatic carbocycles. The van der Waals surface area contributed by atoms with Crippen molar-refractivity contribution in [2.75, 3.05) is 0 Å². The number of carboxylic acid groups (broad SMARTS) is 1. The zero-order valence-electron chi connectivity index (χ0n) is 18.4. The van der Waals surface area contributed by atoms with Crippen LogP contribution in [0.15, 0.2) is 42.7 Å². The number of carbonyl (C=O) groups is 1. The van der Waals surface area contributed by atoms with Gasteiger partial charge in [0.1, 0.15) is 12.1 Å². The first kappa shape index (κ1) is 27.3. The average Bonchev–Trinajstić information content (AvgIpc) is 2.78. The van der Waals surface area contributed by atoms with Crippen molar-refractivity contribution >= 4 is 46.5 Å². The molecule has 11 heteroatoms. The molecule has 1 aromatic heterocycles. The van der Waals surface area contributed by atoms with Crippen molar-refractivity contribution in [1.29, 1.82) is 0 Å². The number of nitro benzene ring substituents is 1. The maximum Gasteiger partial charge on any atom is 0.300 e. The van der Waals surface area contributed by atoms with E-state index in [1.165, 1.54) is 12.1 Å². The van der Waals surface area contributed by atoms with Crippen molar-refractivity contribution in [1.82, 2.24) is 9.97 Å². The van der Waals surface area contributed by atoms with E-state index in [4.69, 9.17) is 49.4 Å². The van der Waals surface area contributed by atoms with Crippen molar-refractivity contribution < 1.29 is 19.6 Å². The van der Waals surface area contributed by atoms with Crippen LogP contribution in [0.4, 0.5) is 5.69 Å². The van der Waals surface area contributed by atoms with Crippen LogP contribution < -0.4 is 4.74 Å². The molecule has 0 spiro atoms. The summed E-state index contributed by atoms with van der Waals surface area (Å²) in [5.41, 5.74) is 2.67. The zero-order valence-corrected chi connectivity index (χ0v) is 20.7. The van der Waals surface area contributed by atoms with Crippen molar-refractivity contribution in [2.45, 2.75) is 39.5 Å². The van der Waals surface area contributed by atoms with Crippen molar-refractivity contribution in [3.05, 3.63) is 84.9 Å². The molecule has 1 heterocycles. The number of carboxylic acids is 1. The number of non-ortho nitro benzene ring substituents is 1. The highest BCUT2D eigenvalue weighted by Crippen LogP contribution is 2.39. The second-order valence-electron chi connectivity index (χ2n) is 7.05. The fourth-order valence-electron chi connectivity index (χ4n) is 2.92. The summed E-state index contributed by atoms with van der Waals surface area (Å²) in [6.07, 6.45) is 4.83. The minimum atomic E-state index is -0.833. The lowest BCUT2D eigenvalue weighted by Crippen LogP contribution is -1.99. The summed E-state index contributed by atoms with van der Waals surface area (Å²) in [5.74, 6) is -0.121. The Labute approximate surface area is 211 Å². The molecule has 0 fully saturated rings. The Kier molecular flexibility index (Phi) is 10.5. The normalized spacial score (nSPS) is 10.3. The van der Waals surface area contributed by atoms with Gasteiger partial charge < -0.3 is 9.84 Å². The van der Waals surface area contributed by atoms with Gasteiger partial charge in [0.05, 0.1) is 31.4 Å². The van der Waals surface area contributed by atoms with Crippen molar-refractivity contribution in [3.63, 3.8) is 0 Å². The standard InChI is InChI=1S/C21H18Cl3N3O3.C2H4O2/c1-2-18-20(24)19(26-12-25-18)5-3-4-13-6-8-15(9-7-13)30-21-16(22)10-14(27(28)29)11-17(21)23;1-2(3)4/h6-12H,2-5H2,1H3;1H3,(H,3,4). The predicted octanol–water partition coefficient (Wildman–Crippen LogP) is 6.97. The second kappa shape index (κ2) is 13.1. The van der Waals surface area contributed by atoms with Gasteiger partial charge in [-0.3, -0.25) is 14.9 Å². The van der Waals surface area contributed by atoms with Gasteiger partial charge in [-0.2, -0.15) is 0 Å². The number of benzene rings is 2. The van der Waals surface area contributed by atoms with Crippen LogP contribution in [0, 0.1) is 10.1 Å². The van der Waals surface area contributed by atoms with Gasteiger partial charge in [-0.25, -0.2) is 9.97 Å². The van der Waals surface area contributed by atoms with Gasteiger partial charge in [-0.05, 0) is 43.4 Å². The van der Waals surface area contributed by atoms with Gasteiger partial charge in [-0.1, -0.05) is 53.9 Å². The van der Waals surface area contributed by atoms with Crippen LogP contribution in [0.3, 0.4) is 0 Å². The minimum Gasteiger partial charge on any atom is -0.481 e. The number of aliphatic carboxylic acids is 1. The molecule has 0 saturated carbocycles. The Balaban J connectivity index is 0.000000945. The molecule has 0 saturated heterocycles. The second-order valence-corrected chi connectivity index (χ2v) is 8.24. The van der Waals surface area contributed by atoms with Crippen LogP contribution in [0.5, 0.6) is 11.5 Å². The molecule has 0 aliphatic rings. The Bertz CT molecular complexity index is 1130. The summed E-state index contributed by atoms with van der Waals surface area (Å²) in [4.78, 5) is 27.8. The fourth-order valence-corrected chi connectivity index (χ4v) is 3.80. The third-order valence-corrected chi connectivity index (χ3v) is 5.48. The highest BCUT2D eigenvalue weighted by atomic mass is 35.5. The van der Waals surface area contributed by atoms with Crippen molar-refractivity contribution in [2.24, 2.45) is 0 Å². The Morgan fingerprint density at radius 2 is 1.62 bits per heavy atom. The van der Waals surface area contributed by atoms with Gasteiger partial charge in [0.25, 0.3) is 11.7 Å². The fraction of sp³-hybridized carbons (Fsp3) is 0.261. The molecular weight excluding hydrogens is 505 g/mol. The number of nitrogens with zero attached hydrogens (tertiary/aromatic N) is 3. The van der Waals surface area contributed by atoms with Gasteiger partial charge >= 0.3 is 0 Å². The van der Waals surface area contributed by atoms with E-state index >= 15 is 0 Å². The van der Waals surface area contributed by atoms with Gasteiger partial charge in [0.15, 0.2) is 5.75 Å². The predicted molar refractivity (Wildman–Crippen MR) is 131 cm³/mol. The summed E-state index contributed by atoms with van der Waals surface area (Å²) in [5, 5.41) is 19.1. The molecule has 3 aromatic rings. The van der Waals surface area contributed by atoms with E-state index in [1.807, 2.05) is 19.1 Å². The number of hydrogen-bond acceptors (Lipinski definition) is 6. The highest BCUT2D eigenvalue weighted by molar-refractivity contribution is 6.37. The Morgan fingerprint density at radius 1 is 1.06 bits per heavy atom. The summed E-state index contributed by atoms with van der Waals surface area (Å²) < 4.78 is 5.72. The number of hydrogen-bond donors (Lipinski definition) is 1. The lowest BCUT2D eigenvalue weighted by molar-refractivity contribution is -0.384. The lowest BCUT2D eigenvalue weighted by Gasteiger charge is -2.10. The SMILES string of the molecule is CC(=O)O.CCc1ncnc(CCCc2ccc(Oc3c(Cl)cc([N+](=O)[O-])cc3Cl)cc2)c1Cl. The summed E-state index contributed by atoms with van der Waals surface area (Å²) in [6, 6.07) is 9.91. The summed E-state index contributed by atoms with van der Waals surface area (Å²) >= 11 is 18.5. The van der Waals surface area contributed by atoms with Crippen LogP contribution in [0.25, 0.3) is 0 Å². The molecule has 180 valence electrons. The lowest BCUT2D eigenvalue weighted by atomic mass is 10.1. The first-order valence-electron chi connectivity index (χ1n) is 10.2. The monoisotopic (exact) mass is 525 g/mol. The average molecular weight is 527 g/mol. The number of aryl methyl sites for hydroxylation is 3. The third-order valence-electron chi connectivity index (χ3n) is 4.48. The molecule has 3 rings (SSSR count). The molecule has 0 unspecified atom stereocenters. The summed E-state index contributed by atoms with van der Waals surface area (Å²) in [7, 11) is 0. The first-order chi connectivity index (χ1) is 16.1. The summed E-state index contributed by atoms with van der Waals surface area (Å²) in [6.45, 7) is 3.10. The van der Waals surface area contributed by atoms with E-state index in [-0.39, 0.29) is 21.5 Å². The molecule has 1 N–H and O–H groups in total. The van der Waals surface area contributed by atoms with Crippen LogP contribution in [-0.4, -0.2) is 26.0 Å². The van der Waals surface area contributed by atoms with E-state index in [0.29, 0.717) is 10.8 Å². The van der Waals surface area contributed by atoms with Crippen molar-refractivity contribution in [3.8, 4) is 11.5 Å². The molecule has 34 heavy (non-hydrogen) atoms. The highest BCUT2D eigenvalue weighted by Gasteiger charge is 2.16. The molecular formula is C23H22Cl3N3O5. The number of halogens is 3. The quantitative estimate of drug-likeness (QED) is 0.249.